The molecule has 1 atom stereocenters. The number of aromatic nitrogens is 1. The van der Waals surface area contributed by atoms with Crippen LogP contribution in [0.2, 0.25) is 0 Å². The van der Waals surface area contributed by atoms with Gasteiger partial charge in [0.1, 0.15) is 0 Å². The Morgan fingerprint density at radius 2 is 2.06 bits per heavy atom. The third-order valence-electron chi connectivity index (χ3n) is 2.72. The zero-order valence-electron chi connectivity index (χ0n) is 10.5. The molecule has 1 rings (SSSR count). The Balaban J connectivity index is 2.56. The fourth-order valence-electron chi connectivity index (χ4n) is 1.69. The first kappa shape index (κ1) is 14.3. The zero-order chi connectivity index (χ0) is 12.9. The van der Waals surface area contributed by atoms with Gasteiger partial charge in [0.2, 0.25) is 0 Å². The maximum atomic E-state index is 11.5. The lowest BCUT2D eigenvalue weighted by atomic mass is 10.1. The van der Waals surface area contributed by atoms with E-state index in [-0.39, 0.29) is 11.5 Å². The van der Waals surface area contributed by atoms with Gasteiger partial charge < -0.3 is 9.67 Å². The Morgan fingerprint density at radius 3 is 2.65 bits per heavy atom. The number of rotatable bonds is 7. The van der Waals surface area contributed by atoms with Crippen molar-refractivity contribution in [3.63, 3.8) is 0 Å². The molecule has 0 aliphatic heterocycles. The summed E-state index contributed by atoms with van der Waals surface area (Å²) in [6.45, 7) is 4.23. The van der Waals surface area contributed by atoms with Crippen molar-refractivity contribution in [3.8, 4) is 0 Å². The maximum Gasteiger partial charge on any atom is 0.152 e. The van der Waals surface area contributed by atoms with Crippen molar-refractivity contribution in [1.29, 1.82) is 0 Å². The van der Waals surface area contributed by atoms with E-state index in [9.17, 15) is 13.5 Å². The predicted octanol–water partition coefficient (Wildman–Crippen LogP) is 1.76. The van der Waals surface area contributed by atoms with Gasteiger partial charge in [-0.3, -0.25) is 0 Å². The quantitative estimate of drug-likeness (QED) is 0.811. The van der Waals surface area contributed by atoms with E-state index < -0.39 is 15.9 Å². The first-order chi connectivity index (χ1) is 7.98. The average Bonchev–Trinajstić information content (AvgIpc) is 2.74. The van der Waals surface area contributed by atoms with Crippen LogP contribution in [0.3, 0.4) is 0 Å². The van der Waals surface area contributed by atoms with Crippen molar-refractivity contribution in [2.45, 2.75) is 39.3 Å². The van der Waals surface area contributed by atoms with Crippen LogP contribution >= 0.6 is 0 Å². The van der Waals surface area contributed by atoms with Gasteiger partial charge in [-0.1, -0.05) is 13.8 Å². The van der Waals surface area contributed by atoms with Crippen LogP contribution in [-0.2, 0) is 16.4 Å². The number of hydrogen-bond donors (Lipinski definition) is 1. The minimum absolute atomic E-state index is 0.164. The van der Waals surface area contributed by atoms with Gasteiger partial charge in [0.25, 0.3) is 0 Å². The molecule has 0 fully saturated rings. The van der Waals surface area contributed by atoms with Crippen LogP contribution in [0.15, 0.2) is 18.5 Å². The Labute approximate surface area is 103 Å². The van der Waals surface area contributed by atoms with Gasteiger partial charge in [0.15, 0.2) is 9.84 Å². The number of nitrogens with zero attached hydrogens (tertiary/aromatic N) is 1. The van der Waals surface area contributed by atoms with Gasteiger partial charge in [-0.05, 0) is 24.5 Å². The lowest BCUT2D eigenvalue weighted by molar-refractivity contribution is 0.173. The van der Waals surface area contributed by atoms with Crippen LogP contribution < -0.4 is 0 Å². The average molecular weight is 259 g/mol. The first-order valence-electron chi connectivity index (χ1n) is 6.02. The van der Waals surface area contributed by atoms with Crippen LogP contribution in [0.5, 0.6) is 0 Å². The molecule has 1 aromatic heterocycles. The summed E-state index contributed by atoms with van der Waals surface area (Å²) in [7, 11) is -2.93. The van der Waals surface area contributed by atoms with Crippen molar-refractivity contribution in [2.24, 2.45) is 0 Å². The standard InChI is InChI=1S/C12H21NO3S/c1-3-8-17(15,16)9-7-13-6-5-11(10-13)12(14)4-2/h5-6,10,12,14H,3-4,7-9H2,1-2H3. The molecule has 17 heavy (non-hydrogen) atoms. The van der Waals surface area contributed by atoms with Gasteiger partial charge >= 0.3 is 0 Å². The molecule has 0 aliphatic carbocycles. The van der Waals surface area contributed by atoms with E-state index in [1.54, 1.807) is 0 Å². The highest BCUT2D eigenvalue weighted by Crippen LogP contribution is 2.16. The molecule has 0 aromatic carbocycles. The number of sulfone groups is 1. The van der Waals surface area contributed by atoms with Crippen LogP contribution in [0.4, 0.5) is 0 Å². The minimum atomic E-state index is -2.93. The normalized spacial score (nSPS) is 13.8. The van der Waals surface area contributed by atoms with Gasteiger partial charge in [-0.15, -0.1) is 0 Å². The van der Waals surface area contributed by atoms with Crippen LogP contribution in [0.25, 0.3) is 0 Å². The molecule has 0 amide bonds. The molecule has 4 nitrogen and oxygen atoms in total. The number of hydrogen-bond acceptors (Lipinski definition) is 3. The second-order valence-corrected chi connectivity index (χ2v) is 6.56. The lowest BCUT2D eigenvalue weighted by Crippen LogP contribution is -2.15. The van der Waals surface area contributed by atoms with Crippen LogP contribution in [0, 0.1) is 0 Å². The van der Waals surface area contributed by atoms with Crippen molar-refractivity contribution in [2.75, 3.05) is 11.5 Å². The lowest BCUT2D eigenvalue weighted by Gasteiger charge is -2.05. The minimum Gasteiger partial charge on any atom is -0.388 e. The van der Waals surface area contributed by atoms with E-state index in [1.807, 2.05) is 36.9 Å². The van der Waals surface area contributed by atoms with E-state index >= 15 is 0 Å². The van der Waals surface area contributed by atoms with E-state index in [0.717, 1.165) is 5.56 Å². The van der Waals surface area contributed by atoms with E-state index in [1.165, 1.54) is 0 Å². The van der Waals surface area contributed by atoms with Gasteiger partial charge in [0.05, 0.1) is 11.9 Å². The highest BCUT2D eigenvalue weighted by molar-refractivity contribution is 7.91. The summed E-state index contributed by atoms with van der Waals surface area (Å²) in [5.41, 5.74) is 0.848. The van der Waals surface area contributed by atoms with Crippen molar-refractivity contribution in [1.82, 2.24) is 4.57 Å². The largest absolute Gasteiger partial charge is 0.388 e. The second kappa shape index (κ2) is 6.21. The summed E-state index contributed by atoms with van der Waals surface area (Å²) in [6, 6.07) is 1.83. The van der Waals surface area contributed by atoms with Crippen LogP contribution in [-0.4, -0.2) is 29.6 Å². The Kier molecular flexibility index (Phi) is 5.21. The first-order valence-corrected chi connectivity index (χ1v) is 7.84. The number of aliphatic hydroxyl groups excluding tert-OH is 1. The van der Waals surface area contributed by atoms with Gasteiger partial charge in [-0.25, -0.2) is 8.42 Å². The number of aliphatic hydroxyl groups is 1. The topological polar surface area (TPSA) is 59.3 Å². The van der Waals surface area contributed by atoms with Gasteiger partial charge in [0, 0.05) is 24.7 Å². The second-order valence-electron chi connectivity index (χ2n) is 4.26. The van der Waals surface area contributed by atoms with Crippen molar-refractivity contribution in [3.05, 3.63) is 24.0 Å². The molecule has 0 aliphatic rings. The van der Waals surface area contributed by atoms with E-state index in [4.69, 9.17) is 0 Å². The van der Waals surface area contributed by atoms with Crippen molar-refractivity contribution >= 4 is 9.84 Å². The Morgan fingerprint density at radius 1 is 1.35 bits per heavy atom. The molecular formula is C12H21NO3S. The summed E-state index contributed by atoms with van der Waals surface area (Å²) >= 11 is 0. The van der Waals surface area contributed by atoms with Crippen LogP contribution in [0.1, 0.15) is 38.4 Å². The SMILES string of the molecule is CCCS(=O)(=O)CCn1ccc(C(O)CC)c1. The smallest absolute Gasteiger partial charge is 0.152 e. The highest BCUT2D eigenvalue weighted by Gasteiger charge is 2.10. The maximum absolute atomic E-state index is 11.5. The Bertz CT molecular complexity index is 436. The summed E-state index contributed by atoms with van der Waals surface area (Å²) in [6.07, 6.45) is 4.50. The summed E-state index contributed by atoms with van der Waals surface area (Å²) in [5.74, 6) is 0.413. The molecular weight excluding hydrogens is 238 g/mol. The molecule has 1 heterocycles. The molecule has 1 unspecified atom stereocenters. The Hall–Kier alpha value is -0.810. The van der Waals surface area contributed by atoms with E-state index in [2.05, 4.69) is 0 Å². The van der Waals surface area contributed by atoms with Gasteiger partial charge in [-0.2, -0.15) is 0 Å². The molecule has 1 aromatic rings. The molecule has 98 valence electrons. The highest BCUT2D eigenvalue weighted by atomic mass is 32.2. The molecule has 5 heteroatoms. The zero-order valence-corrected chi connectivity index (χ0v) is 11.3. The third kappa shape index (κ3) is 4.52. The van der Waals surface area contributed by atoms with Crippen molar-refractivity contribution < 1.29 is 13.5 Å². The molecule has 1 N–H and O–H groups in total. The summed E-state index contributed by atoms with van der Waals surface area (Å²) in [4.78, 5) is 0. The molecule has 0 radical (unpaired) electrons. The fourth-order valence-corrected chi connectivity index (χ4v) is 3.00. The number of aryl methyl sites for hydroxylation is 1. The fraction of sp³-hybridized carbons (Fsp3) is 0.667. The summed E-state index contributed by atoms with van der Waals surface area (Å²) in [5, 5.41) is 9.62. The molecule has 0 bridgehead atoms. The summed E-state index contributed by atoms with van der Waals surface area (Å²) < 4.78 is 24.9. The molecule has 0 spiro atoms. The molecule has 0 saturated carbocycles. The molecule has 0 saturated heterocycles. The third-order valence-corrected chi connectivity index (χ3v) is 4.56. The monoisotopic (exact) mass is 259 g/mol. The van der Waals surface area contributed by atoms with E-state index in [0.29, 0.717) is 19.4 Å². The predicted molar refractivity (Wildman–Crippen MR) is 68.6 cm³/mol.